The molecule has 1 aliphatic rings. The Bertz CT molecular complexity index is 430. The van der Waals surface area contributed by atoms with Crippen molar-refractivity contribution in [3.8, 4) is 0 Å². The summed E-state index contributed by atoms with van der Waals surface area (Å²) in [5, 5.41) is 3.38. The zero-order valence-corrected chi connectivity index (χ0v) is 12.8. The Balaban J connectivity index is 1.89. The lowest BCUT2D eigenvalue weighted by atomic mass is 9.96. The van der Waals surface area contributed by atoms with E-state index in [1.54, 1.807) is 12.4 Å². The molecule has 1 saturated heterocycles. The normalized spacial score (nSPS) is 16.6. The summed E-state index contributed by atoms with van der Waals surface area (Å²) in [5.41, 5.74) is 0.666. The third kappa shape index (κ3) is 4.01. The summed E-state index contributed by atoms with van der Waals surface area (Å²) >= 11 is 3.35. The molecule has 0 radical (unpaired) electrons. The van der Waals surface area contributed by atoms with Gasteiger partial charge in [-0.2, -0.15) is 0 Å². The summed E-state index contributed by atoms with van der Waals surface area (Å²) in [6, 6.07) is 1.83. The number of nitrogens with one attached hydrogen (secondary N) is 1. The highest BCUT2D eigenvalue weighted by atomic mass is 79.9. The van der Waals surface area contributed by atoms with Crippen molar-refractivity contribution in [2.75, 3.05) is 26.2 Å². The van der Waals surface area contributed by atoms with E-state index in [0.717, 1.165) is 43.5 Å². The van der Waals surface area contributed by atoms with Crippen LogP contribution < -0.4 is 5.32 Å². The number of rotatable bonds is 4. The molecular formula is C14H20BrN3O. The molecule has 2 rings (SSSR count). The van der Waals surface area contributed by atoms with Crippen molar-refractivity contribution in [1.82, 2.24) is 15.2 Å². The average molecular weight is 326 g/mol. The van der Waals surface area contributed by atoms with Gasteiger partial charge < -0.3 is 10.2 Å². The summed E-state index contributed by atoms with van der Waals surface area (Å²) in [5.74, 6) is 0.792. The minimum atomic E-state index is 0.0932. The molecule has 1 aliphatic heterocycles. The van der Waals surface area contributed by atoms with Crippen LogP contribution in [0.3, 0.4) is 0 Å². The molecule has 2 heterocycles. The van der Waals surface area contributed by atoms with E-state index in [1.807, 2.05) is 11.0 Å². The second kappa shape index (κ2) is 7.01. The van der Waals surface area contributed by atoms with E-state index >= 15 is 0 Å². The largest absolute Gasteiger partial charge is 0.339 e. The molecule has 1 amide bonds. The predicted molar refractivity (Wildman–Crippen MR) is 79.1 cm³/mol. The molecular weight excluding hydrogens is 306 g/mol. The Labute approximate surface area is 122 Å². The van der Waals surface area contributed by atoms with Crippen molar-refractivity contribution < 1.29 is 4.79 Å². The number of pyridine rings is 1. The zero-order valence-electron chi connectivity index (χ0n) is 11.2. The molecule has 0 aromatic carbocycles. The first kappa shape index (κ1) is 14.5. The number of nitrogens with zero attached hydrogens (tertiary/aromatic N) is 2. The van der Waals surface area contributed by atoms with E-state index in [1.165, 1.54) is 0 Å². The Hall–Kier alpha value is -0.940. The van der Waals surface area contributed by atoms with Gasteiger partial charge in [-0.05, 0) is 53.8 Å². The fraction of sp³-hybridized carbons (Fsp3) is 0.571. The monoisotopic (exact) mass is 325 g/mol. The second-order valence-corrected chi connectivity index (χ2v) is 5.85. The fourth-order valence-corrected chi connectivity index (χ4v) is 2.76. The van der Waals surface area contributed by atoms with E-state index in [0.29, 0.717) is 11.5 Å². The number of aromatic nitrogens is 1. The number of hydrogen-bond donors (Lipinski definition) is 1. The molecule has 1 fully saturated rings. The molecule has 4 nitrogen and oxygen atoms in total. The first-order chi connectivity index (χ1) is 9.20. The van der Waals surface area contributed by atoms with Crippen LogP contribution in [0, 0.1) is 5.92 Å². The van der Waals surface area contributed by atoms with Gasteiger partial charge in [0.15, 0.2) is 0 Å². The van der Waals surface area contributed by atoms with E-state index in [4.69, 9.17) is 0 Å². The SMILES string of the molecule is CCNCC1CCN(C(=O)c2cncc(Br)c2)CC1. The van der Waals surface area contributed by atoms with Crippen molar-refractivity contribution in [2.45, 2.75) is 19.8 Å². The maximum absolute atomic E-state index is 12.3. The number of carbonyl (C=O) groups is 1. The highest BCUT2D eigenvalue weighted by Gasteiger charge is 2.23. The first-order valence-electron chi connectivity index (χ1n) is 6.81. The van der Waals surface area contributed by atoms with Crippen LogP contribution in [0.5, 0.6) is 0 Å². The Morgan fingerprint density at radius 3 is 2.84 bits per heavy atom. The summed E-state index contributed by atoms with van der Waals surface area (Å²) < 4.78 is 0.848. The molecule has 19 heavy (non-hydrogen) atoms. The van der Waals surface area contributed by atoms with Gasteiger partial charge in [0.1, 0.15) is 0 Å². The average Bonchev–Trinajstić information content (AvgIpc) is 2.45. The van der Waals surface area contributed by atoms with Crippen molar-refractivity contribution >= 4 is 21.8 Å². The highest BCUT2D eigenvalue weighted by Crippen LogP contribution is 2.19. The van der Waals surface area contributed by atoms with Crippen LogP contribution in [-0.2, 0) is 0 Å². The molecule has 5 heteroatoms. The van der Waals surface area contributed by atoms with E-state index in [2.05, 4.69) is 33.2 Å². The number of piperidine rings is 1. The van der Waals surface area contributed by atoms with Gasteiger partial charge in [-0.25, -0.2) is 0 Å². The molecule has 0 atom stereocenters. The topological polar surface area (TPSA) is 45.2 Å². The Kier molecular flexibility index (Phi) is 5.34. The Morgan fingerprint density at radius 2 is 2.21 bits per heavy atom. The van der Waals surface area contributed by atoms with Crippen LogP contribution in [0.4, 0.5) is 0 Å². The van der Waals surface area contributed by atoms with Gasteiger partial charge in [-0.15, -0.1) is 0 Å². The lowest BCUT2D eigenvalue weighted by Gasteiger charge is -2.32. The van der Waals surface area contributed by atoms with Crippen LogP contribution in [-0.4, -0.2) is 42.0 Å². The van der Waals surface area contributed by atoms with Gasteiger partial charge in [-0.3, -0.25) is 9.78 Å². The van der Waals surface area contributed by atoms with Crippen molar-refractivity contribution in [2.24, 2.45) is 5.92 Å². The number of likely N-dealkylation sites (tertiary alicyclic amines) is 1. The van der Waals surface area contributed by atoms with Gasteiger partial charge in [0.2, 0.25) is 0 Å². The van der Waals surface area contributed by atoms with Crippen LogP contribution in [0.25, 0.3) is 0 Å². The number of carbonyl (C=O) groups excluding carboxylic acids is 1. The summed E-state index contributed by atoms with van der Waals surface area (Å²) in [7, 11) is 0. The van der Waals surface area contributed by atoms with Gasteiger partial charge >= 0.3 is 0 Å². The molecule has 104 valence electrons. The smallest absolute Gasteiger partial charge is 0.255 e. The number of amides is 1. The minimum Gasteiger partial charge on any atom is -0.339 e. The van der Waals surface area contributed by atoms with Crippen LogP contribution >= 0.6 is 15.9 Å². The lowest BCUT2D eigenvalue weighted by molar-refractivity contribution is 0.0690. The van der Waals surface area contributed by atoms with Crippen molar-refractivity contribution in [1.29, 1.82) is 0 Å². The molecule has 0 spiro atoms. The molecule has 0 bridgehead atoms. The van der Waals surface area contributed by atoms with Gasteiger partial charge in [0.25, 0.3) is 5.91 Å². The van der Waals surface area contributed by atoms with Crippen molar-refractivity contribution in [3.05, 3.63) is 28.5 Å². The standard InChI is InChI=1S/C14H20BrN3O/c1-2-16-8-11-3-5-18(6-4-11)14(19)12-7-13(15)10-17-9-12/h7,9-11,16H,2-6,8H2,1H3. The van der Waals surface area contributed by atoms with Crippen LogP contribution in [0.2, 0.25) is 0 Å². The maximum Gasteiger partial charge on any atom is 0.255 e. The minimum absolute atomic E-state index is 0.0932. The van der Waals surface area contributed by atoms with E-state index < -0.39 is 0 Å². The summed E-state index contributed by atoms with van der Waals surface area (Å²) in [6.45, 7) is 5.90. The third-order valence-electron chi connectivity index (χ3n) is 3.54. The number of hydrogen-bond acceptors (Lipinski definition) is 3. The fourth-order valence-electron chi connectivity index (χ4n) is 2.40. The van der Waals surface area contributed by atoms with E-state index in [-0.39, 0.29) is 5.91 Å². The third-order valence-corrected chi connectivity index (χ3v) is 3.97. The van der Waals surface area contributed by atoms with E-state index in [9.17, 15) is 4.79 Å². The second-order valence-electron chi connectivity index (χ2n) is 4.94. The zero-order chi connectivity index (χ0) is 13.7. The molecule has 0 saturated carbocycles. The molecule has 0 aliphatic carbocycles. The lowest BCUT2D eigenvalue weighted by Crippen LogP contribution is -2.40. The highest BCUT2D eigenvalue weighted by molar-refractivity contribution is 9.10. The first-order valence-corrected chi connectivity index (χ1v) is 7.60. The maximum atomic E-state index is 12.3. The van der Waals surface area contributed by atoms with Gasteiger partial charge in [0, 0.05) is 30.0 Å². The predicted octanol–water partition coefficient (Wildman–Crippen LogP) is 2.31. The van der Waals surface area contributed by atoms with Gasteiger partial charge in [-0.1, -0.05) is 6.92 Å². The number of halogens is 1. The van der Waals surface area contributed by atoms with Crippen LogP contribution in [0.1, 0.15) is 30.1 Å². The summed E-state index contributed by atoms with van der Waals surface area (Å²) in [6.07, 6.45) is 5.50. The Morgan fingerprint density at radius 1 is 1.47 bits per heavy atom. The van der Waals surface area contributed by atoms with Crippen molar-refractivity contribution in [3.63, 3.8) is 0 Å². The van der Waals surface area contributed by atoms with Crippen LogP contribution in [0.15, 0.2) is 22.9 Å². The van der Waals surface area contributed by atoms with Gasteiger partial charge in [0.05, 0.1) is 5.56 Å². The molecule has 1 aromatic heterocycles. The molecule has 1 aromatic rings. The molecule has 1 N–H and O–H groups in total. The molecule has 0 unspecified atom stereocenters. The quantitative estimate of drug-likeness (QED) is 0.923. The summed E-state index contributed by atoms with van der Waals surface area (Å²) in [4.78, 5) is 18.3.